The zero-order valence-corrected chi connectivity index (χ0v) is 12.6. The van der Waals surface area contributed by atoms with Gasteiger partial charge in [-0.05, 0) is 36.2 Å². The van der Waals surface area contributed by atoms with Gasteiger partial charge in [0.15, 0.2) is 11.5 Å². The van der Waals surface area contributed by atoms with Gasteiger partial charge in [-0.1, -0.05) is 25.1 Å². The summed E-state index contributed by atoms with van der Waals surface area (Å²) in [5.74, 6) is -1.72. The Morgan fingerprint density at radius 2 is 1.83 bits per heavy atom. The molecule has 1 atom stereocenters. The van der Waals surface area contributed by atoms with E-state index in [9.17, 15) is 19.8 Å². The Kier molecular flexibility index (Phi) is 4.85. The van der Waals surface area contributed by atoms with Crippen LogP contribution in [0.25, 0.3) is 0 Å². The van der Waals surface area contributed by atoms with E-state index >= 15 is 0 Å². The molecule has 0 saturated carbocycles. The molecule has 2 aromatic rings. The van der Waals surface area contributed by atoms with Crippen LogP contribution in [0, 0.1) is 5.92 Å². The van der Waals surface area contributed by atoms with E-state index in [1.807, 2.05) is 0 Å². The summed E-state index contributed by atoms with van der Waals surface area (Å²) in [6.07, 6.45) is 0.373. The molecule has 0 aliphatic rings. The number of nitrogens with two attached hydrogens (primary N) is 1. The Morgan fingerprint density at radius 3 is 2.48 bits per heavy atom. The second kappa shape index (κ2) is 6.83. The number of benzene rings is 2. The number of rotatable bonds is 5. The van der Waals surface area contributed by atoms with E-state index in [2.05, 4.69) is 5.32 Å². The maximum absolute atomic E-state index is 12.3. The van der Waals surface area contributed by atoms with Crippen LogP contribution in [-0.4, -0.2) is 22.0 Å². The average molecular weight is 314 g/mol. The molecule has 6 heteroatoms. The van der Waals surface area contributed by atoms with Crippen molar-refractivity contribution in [2.75, 3.05) is 5.32 Å². The number of phenolic OH excluding ortho intramolecular Hbond substituents is 2. The second-order valence-electron chi connectivity index (χ2n) is 5.33. The first-order valence-corrected chi connectivity index (χ1v) is 7.09. The number of carbonyl (C=O) groups excluding carboxylic acids is 2. The molecule has 2 amide bonds. The fourth-order valence-electron chi connectivity index (χ4n) is 2.21. The maximum atomic E-state index is 12.3. The lowest BCUT2D eigenvalue weighted by Gasteiger charge is -2.14. The van der Waals surface area contributed by atoms with Gasteiger partial charge in [-0.25, -0.2) is 0 Å². The fraction of sp³-hybridized carbons (Fsp3) is 0.176. The van der Waals surface area contributed by atoms with Crippen molar-refractivity contribution in [3.8, 4) is 11.5 Å². The minimum atomic E-state index is -0.614. The van der Waals surface area contributed by atoms with Gasteiger partial charge < -0.3 is 21.3 Å². The van der Waals surface area contributed by atoms with Crippen molar-refractivity contribution in [2.45, 2.75) is 13.3 Å². The normalized spacial score (nSPS) is 11.7. The number of hydrogen-bond donors (Lipinski definition) is 4. The number of carbonyl (C=O) groups is 2. The van der Waals surface area contributed by atoms with E-state index in [1.165, 1.54) is 12.1 Å². The highest BCUT2D eigenvalue weighted by atomic mass is 16.3. The summed E-state index contributed by atoms with van der Waals surface area (Å²) in [7, 11) is 0. The highest BCUT2D eigenvalue weighted by molar-refractivity contribution is 6.03. The highest BCUT2D eigenvalue weighted by Crippen LogP contribution is 2.26. The van der Waals surface area contributed by atoms with Crippen LogP contribution in [0.2, 0.25) is 0 Å². The van der Waals surface area contributed by atoms with Crippen LogP contribution in [-0.2, 0) is 11.2 Å². The molecule has 0 saturated heterocycles. The van der Waals surface area contributed by atoms with Gasteiger partial charge in [0, 0.05) is 5.92 Å². The summed E-state index contributed by atoms with van der Waals surface area (Å²) >= 11 is 0. The van der Waals surface area contributed by atoms with Crippen molar-refractivity contribution >= 4 is 17.5 Å². The largest absolute Gasteiger partial charge is 0.504 e. The quantitative estimate of drug-likeness (QED) is 0.632. The Bertz CT molecular complexity index is 743. The van der Waals surface area contributed by atoms with Crippen LogP contribution in [0.15, 0.2) is 42.5 Å². The molecule has 0 spiro atoms. The van der Waals surface area contributed by atoms with E-state index in [0.717, 1.165) is 0 Å². The average Bonchev–Trinajstić information content (AvgIpc) is 2.51. The highest BCUT2D eigenvalue weighted by Gasteiger charge is 2.17. The smallest absolute Gasteiger partial charge is 0.250 e. The van der Waals surface area contributed by atoms with Crippen LogP contribution in [0.5, 0.6) is 11.5 Å². The first-order valence-electron chi connectivity index (χ1n) is 7.09. The molecule has 0 radical (unpaired) electrons. The maximum Gasteiger partial charge on any atom is 0.250 e. The van der Waals surface area contributed by atoms with Gasteiger partial charge in [-0.2, -0.15) is 0 Å². The molecular weight excluding hydrogens is 296 g/mol. The minimum absolute atomic E-state index is 0.207. The third-order valence-corrected chi connectivity index (χ3v) is 3.48. The van der Waals surface area contributed by atoms with E-state index in [1.54, 1.807) is 37.3 Å². The number of nitrogens with one attached hydrogen (secondary N) is 1. The number of anilines is 1. The Morgan fingerprint density at radius 1 is 1.13 bits per heavy atom. The monoisotopic (exact) mass is 314 g/mol. The van der Waals surface area contributed by atoms with Crippen LogP contribution in [0.1, 0.15) is 22.8 Å². The van der Waals surface area contributed by atoms with E-state index in [0.29, 0.717) is 17.7 Å². The summed E-state index contributed by atoms with van der Waals surface area (Å²) in [5, 5.41) is 21.5. The molecule has 0 bridgehead atoms. The molecule has 0 aromatic heterocycles. The third kappa shape index (κ3) is 4.00. The van der Waals surface area contributed by atoms with E-state index in [-0.39, 0.29) is 23.0 Å². The number of primary amides is 1. The molecule has 0 heterocycles. The molecule has 0 aliphatic carbocycles. The van der Waals surface area contributed by atoms with Gasteiger partial charge in [0.25, 0.3) is 5.91 Å². The van der Waals surface area contributed by atoms with Gasteiger partial charge >= 0.3 is 0 Å². The predicted molar refractivity (Wildman–Crippen MR) is 86.2 cm³/mol. The van der Waals surface area contributed by atoms with Gasteiger partial charge in [-0.15, -0.1) is 0 Å². The Balaban J connectivity index is 2.08. The molecule has 2 aromatic carbocycles. The summed E-state index contributed by atoms with van der Waals surface area (Å²) in [6, 6.07) is 10.9. The lowest BCUT2D eigenvalue weighted by atomic mass is 9.99. The second-order valence-corrected chi connectivity index (χ2v) is 5.33. The Labute approximate surface area is 133 Å². The zero-order valence-electron chi connectivity index (χ0n) is 12.6. The topological polar surface area (TPSA) is 113 Å². The van der Waals surface area contributed by atoms with E-state index < -0.39 is 11.8 Å². The summed E-state index contributed by atoms with van der Waals surface area (Å²) in [4.78, 5) is 23.6. The van der Waals surface area contributed by atoms with Gasteiger partial charge in [0.2, 0.25) is 5.91 Å². The number of hydrogen-bond acceptors (Lipinski definition) is 4. The van der Waals surface area contributed by atoms with Crippen molar-refractivity contribution in [1.29, 1.82) is 0 Å². The zero-order chi connectivity index (χ0) is 17.0. The SMILES string of the molecule is CC(Cc1ccc(O)c(O)c1)C(=O)Nc1ccccc1C(N)=O. The van der Waals surface area contributed by atoms with E-state index in [4.69, 9.17) is 5.73 Å². The number of amides is 2. The molecule has 0 fully saturated rings. The van der Waals surface area contributed by atoms with Crippen LogP contribution in [0.4, 0.5) is 5.69 Å². The molecule has 23 heavy (non-hydrogen) atoms. The molecule has 5 N–H and O–H groups in total. The standard InChI is InChI=1S/C17H18N2O4/c1-10(8-11-6-7-14(20)15(21)9-11)17(23)19-13-5-3-2-4-12(13)16(18)22/h2-7,9-10,20-21H,8H2,1H3,(H2,18,22)(H,19,23). The van der Waals surface area contributed by atoms with Crippen molar-refractivity contribution in [1.82, 2.24) is 0 Å². The lowest BCUT2D eigenvalue weighted by molar-refractivity contribution is -0.119. The molecular formula is C17H18N2O4. The third-order valence-electron chi connectivity index (χ3n) is 3.48. The molecule has 0 aliphatic heterocycles. The van der Waals surface area contributed by atoms with Gasteiger partial charge in [0.1, 0.15) is 0 Å². The first kappa shape index (κ1) is 16.4. The van der Waals surface area contributed by atoms with Crippen molar-refractivity contribution in [2.24, 2.45) is 11.7 Å². The number of para-hydroxylation sites is 1. The van der Waals surface area contributed by atoms with Crippen molar-refractivity contribution < 1.29 is 19.8 Å². The molecule has 1 unspecified atom stereocenters. The summed E-state index contributed by atoms with van der Waals surface area (Å²) in [6.45, 7) is 1.73. The van der Waals surface area contributed by atoms with Crippen molar-refractivity contribution in [3.63, 3.8) is 0 Å². The van der Waals surface area contributed by atoms with Gasteiger partial charge in [0.05, 0.1) is 11.3 Å². The van der Waals surface area contributed by atoms with Crippen LogP contribution >= 0.6 is 0 Å². The van der Waals surface area contributed by atoms with Crippen LogP contribution in [0.3, 0.4) is 0 Å². The number of aromatic hydroxyl groups is 2. The number of phenols is 2. The lowest BCUT2D eigenvalue weighted by Crippen LogP contribution is -2.24. The summed E-state index contributed by atoms with van der Waals surface area (Å²) in [5.41, 5.74) is 6.60. The van der Waals surface area contributed by atoms with Crippen LogP contribution < -0.4 is 11.1 Å². The van der Waals surface area contributed by atoms with Crippen molar-refractivity contribution in [3.05, 3.63) is 53.6 Å². The fourth-order valence-corrected chi connectivity index (χ4v) is 2.21. The molecule has 6 nitrogen and oxygen atoms in total. The predicted octanol–water partition coefficient (Wildman–Crippen LogP) is 2.01. The Hall–Kier alpha value is -3.02. The minimum Gasteiger partial charge on any atom is -0.504 e. The molecule has 120 valence electrons. The van der Waals surface area contributed by atoms with Gasteiger partial charge in [-0.3, -0.25) is 9.59 Å². The molecule has 2 rings (SSSR count). The first-order chi connectivity index (χ1) is 10.9. The summed E-state index contributed by atoms with van der Waals surface area (Å²) < 4.78 is 0.